The molecule has 0 bridgehead atoms. The molecule has 44 heavy (non-hydrogen) atoms. The number of rotatable bonds is 9. The van der Waals surface area contributed by atoms with Gasteiger partial charge in [0.25, 0.3) is 5.56 Å². The molecule has 0 aliphatic carbocycles. The first-order chi connectivity index (χ1) is 21.2. The molecule has 6 aromatic rings. The minimum Gasteiger partial charge on any atom is -0.317 e. The first kappa shape index (κ1) is 29.0. The van der Waals surface area contributed by atoms with Crippen molar-refractivity contribution in [3.05, 3.63) is 117 Å². The van der Waals surface area contributed by atoms with Crippen LogP contribution in [0.3, 0.4) is 0 Å². The van der Waals surface area contributed by atoms with Crippen molar-refractivity contribution in [1.82, 2.24) is 39.3 Å². The van der Waals surface area contributed by atoms with Crippen molar-refractivity contribution in [2.24, 2.45) is 5.92 Å². The number of H-pyrrole nitrogens is 1. The van der Waals surface area contributed by atoms with E-state index in [4.69, 9.17) is 4.98 Å². The number of imidazole rings is 1. The summed E-state index contributed by atoms with van der Waals surface area (Å²) in [6.07, 6.45) is 0. The molecule has 224 valence electrons. The van der Waals surface area contributed by atoms with Crippen LogP contribution in [0, 0.1) is 5.92 Å². The summed E-state index contributed by atoms with van der Waals surface area (Å²) < 4.78 is 5.07. The van der Waals surface area contributed by atoms with Crippen LogP contribution < -0.4 is 11.2 Å². The Morgan fingerprint density at radius 3 is 2.11 bits per heavy atom. The van der Waals surface area contributed by atoms with Gasteiger partial charge in [0, 0.05) is 24.6 Å². The summed E-state index contributed by atoms with van der Waals surface area (Å²) in [7, 11) is 0. The number of nitrogens with one attached hydrogen (secondary N) is 1. The molecule has 0 spiro atoms. The zero-order valence-electron chi connectivity index (χ0n) is 25.6. The van der Waals surface area contributed by atoms with Crippen molar-refractivity contribution in [2.75, 3.05) is 0 Å². The highest BCUT2D eigenvalue weighted by molar-refractivity contribution is 5.80. The van der Waals surface area contributed by atoms with E-state index in [1.165, 1.54) is 4.57 Å². The van der Waals surface area contributed by atoms with E-state index in [1.807, 2.05) is 66.1 Å². The molecule has 0 amide bonds. The van der Waals surface area contributed by atoms with E-state index in [0.717, 1.165) is 33.6 Å². The summed E-state index contributed by atoms with van der Waals surface area (Å²) in [6.45, 7) is 11.0. The summed E-state index contributed by atoms with van der Waals surface area (Å²) in [5, 5.41) is 14.6. The Balaban J connectivity index is 1.48. The van der Waals surface area contributed by atoms with Gasteiger partial charge in [0.05, 0.1) is 6.04 Å². The first-order valence-electron chi connectivity index (χ1n) is 15.0. The number of aromatic nitrogens is 8. The Morgan fingerprint density at radius 2 is 1.48 bits per heavy atom. The largest absolute Gasteiger partial charge is 0.333 e. The maximum atomic E-state index is 14.3. The number of nitrogens with zero attached hydrogens (tertiary/aromatic N) is 7. The Kier molecular flexibility index (Phi) is 7.82. The molecule has 0 saturated heterocycles. The van der Waals surface area contributed by atoms with Gasteiger partial charge in [-0.3, -0.25) is 13.9 Å². The molecule has 10 nitrogen and oxygen atoms in total. The molecule has 1 unspecified atom stereocenters. The standard InChI is InChI=1S/C34H36N8O2/c1-21(2)19-41-32-29(33(43)42(34(41)44)23(5)25-11-7-6-8-12-25)40(31(35-32)22(3)4)20-24-15-17-26(18-16-24)27-13-9-10-14-28(27)30-36-38-39-37-30/h6-18,21-23H,19-20H2,1-5H3,(H,36,37,38,39). The third-order valence-corrected chi connectivity index (χ3v) is 7.95. The van der Waals surface area contributed by atoms with Crippen LogP contribution in [0.2, 0.25) is 0 Å². The van der Waals surface area contributed by atoms with E-state index < -0.39 is 6.04 Å². The van der Waals surface area contributed by atoms with Gasteiger partial charge in [-0.05, 0) is 40.3 Å². The van der Waals surface area contributed by atoms with Crippen LogP contribution in [0.25, 0.3) is 33.7 Å². The number of aromatic amines is 1. The minimum absolute atomic E-state index is 0.0329. The summed E-state index contributed by atoms with van der Waals surface area (Å²) in [5.74, 6) is 1.52. The Bertz CT molecular complexity index is 2020. The minimum atomic E-state index is -0.441. The van der Waals surface area contributed by atoms with Gasteiger partial charge in [0.15, 0.2) is 11.2 Å². The molecule has 6 rings (SSSR count). The predicted molar refractivity (Wildman–Crippen MR) is 172 cm³/mol. The Morgan fingerprint density at radius 1 is 0.795 bits per heavy atom. The number of fused-ring (bicyclic) bond motifs is 1. The lowest BCUT2D eigenvalue weighted by atomic mass is 9.98. The van der Waals surface area contributed by atoms with Crippen molar-refractivity contribution in [3.8, 4) is 22.5 Å². The lowest BCUT2D eigenvalue weighted by Crippen LogP contribution is -2.43. The van der Waals surface area contributed by atoms with Crippen molar-refractivity contribution in [3.63, 3.8) is 0 Å². The average molecular weight is 589 g/mol. The maximum Gasteiger partial charge on any atom is 0.333 e. The maximum absolute atomic E-state index is 14.3. The molecular weight excluding hydrogens is 552 g/mol. The van der Waals surface area contributed by atoms with E-state index >= 15 is 0 Å². The lowest BCUT2D eigenvalue weighted by Gasteiger charge is -2.19. The third kappa shape index (κ3) is 5.27. The van der Waals surface area contributed by atoms with E-state index in [2.05, 4.69) is 72.6 Å². The fourth-order valence-electron chi connectivity index (χ4n) is 5.81. The number of benzene rings is 3. The zero-order chi connectivity index (χ0) is 31.0. The molecule has 0 aliphatic heterocycles. The van der Waals surface area contributed by atoms with Crippen LogP contribution in [0.1, 0.15) is 63.5 Å². The van der Waals surface area contributed by atoms with E-state index in [0.29, 0.717) is 30.1 Å². The van der Waals surface area contributed by atoms with Crippen molar-refractivity contribution >= 4 is 11.2 Å². The Labute approximate surface area is 255 Å². The molecule has 3 aromatic heterocycles. The molecule has 10 heteroatoms. The lowest BCUT2D eigenvalue weighted by molar-refractivity contribution is 0.475. The second-order valence-electron chi connectivity index (χ2n) is 11.9. The monoisotopic (exact) mass is 588 g/mol. The van der Waals surface area contributed by atoms with Gasteiger partial charge < -0.3 is 4.57 Å². The summed E-state index contributed by atoms with van der Waals surface area (Å²) in [5.41, 5.74) is 5.02. The molecule has 3 aromatic carbocycles. The SMILES string of the molecule is CC(C)Cn1c(=O)n(C(C)c2ccccc2)c(=O)c2c1nc(C(C)C)n2Cc1ccc(-c2ccccc2-c2nn[nH]n2)cc1. The quantitative estimate of drug-likeness (QED) is 0.234. The van der Waals surface area contributed by atoms with Gasteiger partial charge in [-0.1, -0.05) is 107 Å². The van der Waals surface area contributed by atoms with Gasteiger partial charge >= 0.3 is 5.69 Å². The average Bonchev–Trinajstić information content (AvgIpc) is 3.69. The van der Waals surface area contributed by atoms with Gasteiger partial charge in [-0.2, -0.15) is 5.21 Å². The fourth-order valence-corrected chi connectivity index (χ4v) is 5.81. The smallest absolute Gasteiger partial charge is 0.317 e. The summed E-state index contributed by atoms with van der Waals surface area (Å²) >= 11 is 0. The number of hydrogen-bond acceptors (Lipinski definition) is 6. The van der Waals surface area contributed by atoms with Gasteiger partial charge in [-0.25, -0.2) is 9.78 Å². The van der Waals surface area contributed by atoms with Crippen LogP contribution in [-0.2, 0) is 13.1 Å². The predicted octanol–water partition coefficient (Wildman–Crippen LogP) is 5.64. The Hall–Kier alpha value is -5.12. The number of tetrazole rings is 1. The van der Waals surface area contributed by atoms with Crippen LogP contribution in [-0.4, -0.2) is 39.3 Å². The molecular formula is C34H36N8O2. The van der Waals surface area contributed by atoms with E-state index in [1.54, 1.807) is 4.57 Å². The van der Waals surface area contributed by atoms with Crippen LogP contribution >= 0.6 is 0 Å². The highest BCUT2D eigenvalue weighted by atomic mass is 16.2. The van der Waals surface area contributed by atoms with Crippen LogP contribution in [0.15, 0.2) is 88.5 Å². The highest BCUT2D eigenvalue weighted by Gasteiger charge is 2.26. The van der Waals surface area contributed by atoms with Gasteiger partial charge in [0.1, 0.15) is 5.82 Å². The topological polar surface area (TPSA) is 116 Å². The third-order valence-electron chi connectivity index (χ3n) is 7.95. The van der Waals surface area contributed by atoms with E-state index in [9.17, 15) is 9.59 Å². The van der Waals surface area contributed by atoms with Gasteiger partial charge in [0.2, 0.25) is 5.82 Å². The molecule has 0 fully saturated rings. The normalized spacial score (nSPS) is 12.4. The molecule has 1 N–H and O–H groups in total. The van der Waals surface area contributed by atoms with Crippen molar-refractivity contribution < 1.29 is 0 Å². The van der Waals surface area contributed by atoms with Crippen LogP contribution in [0.4, 0.5) is 0 Å². The first-order valence-corrected chi connectivity index (χ1v) is 15.0. The summed E-state index contributed by atoms with van der Waals surface area (Å²) in [4.78, 5) is 33.2. The molecule has 0 radical (unpaired) electrons. The zero-order valence-corrected chi connectivity index (χ0v) is 25.6. The molecule has 3 heterocycles. The molecule has 0 saturated carbocycles. The highest BCUT2D eigenvalue weighted by Crippen LogP contribution is 2.30. The second-order valence-corrected chi connectivity index (χ2v) is 11.9. The second kappa shape index (κ2) is 11.9. The number of hydrogen-bond donors (Lipinski definition) is 1. The molecule has 0 aliphatic rings. The fraction of sp³-hybridized carbons (Fsp3) is 0.294. The molecule has 1 atom stereocenters. The summed E-state index contributed by atoms with van der Waals surface area (Å²) in [6, 6.07) is 25.4. The van der Waals surface area contributed by atoms with E-state index in [-0.39, 0.29) is 23.1 Å². The van der Waals surface area contributed by atoms with Crippen molar-refractivity contribution in [1.29, 1.82) is 0 Å². The van der Waals surface area contributed by atoms with Gasteiger partial charge in [-0.15, -0.1) is 10.2 Å². The van der Waals surface area contributed by atoms with Crippen molar-refractivity contribution in [2.45, 2.75) is 59.7 Å². The van der Waals surface area contributed by atoms with Crippen LogP contribution in [0.5, 0.6) is 0 Å².